The predicted octanol–water partition coefficient (Wildman–Crippen LogP) is 2.23. The molecule has 0 atom stereocenters. The van der Waals surface area contributed by atoms with Gasteiger partial charge in [0.15, 0.2) is 0 Å². The Hall–Kier alpha value is -1.29. The summed E-state index contributed by atoms with van der Waals surface area (Å²) in [5, 5.41) is 3.93. The largest absolute Gasteiger partial charge is 0.352 e. The van der Waals surface area contributed by atoms with Gasteiger partial charge in [-0.25, -0.2) is 0 Å². The lowest BCUT2D eigenvalue weighted by Crippen LogP contribution is -2.32. The Morgan fingerprint density at radius 1 is 1.44 bits per heavy atom. The summed E-state index contributed by atoms with van der Waals surface area (Å²) in [6.07, 6.45) is 0.901. The number of nitrogens with zero attached hydrogens (tertiary/aromatic N) is 1. The van der Waals surface area contributed by atoms with Gasteiger partial charge in [0, 0.05) is 35.6 Å². The van der Waals surface area contributed by atoms with E-state index in [0.717, 1.165) is 39.6 Å². The molecule has 0 saturated heterocycles. The molecule has 1 aromatic carbocycles. The zero-order valence-corrected chi connectivity index (χ0v) is 10.5. The molecule has 0 aliphatic carbocycles. The van der Waals surface area contributed by atoms with E-state index in [9.17, 15) is 4.79 Å². The van der Waals surface area contributed by atoms with Gasteiger partial charge in [0.25, 0.3) is 5.91 Å². The van der Waals surface area contributed by atoms with E-state index < -0.39 is 0 Å². The molecular weight excluding hydrogens is 268 g/mol. The van der Waals surface area contributed by atoms with Crippen molar-refractivity contribution in [2.24, 2.45) is 7.05 Å². The fourth-order valence-corrected chi connectivity index (χ4v) is 3.08. The van der Waals surface area contributed by atoms with Crippen molar-refractivity contribution in [1.29, 1.82) is 0 Å². The molecule has 3 rings (SSSR count). The molecule has 0 spiro atoms. The zero-order valence-electron chi connectivity index (χ0n) is 8.88. The van der Waals surface area contributed by atoms with E-state index >= 15 is 0 Å². The van der Waals surface area contributed by atoms with Crippen molar-refractivity contribution in [2.75, 3.05) is 6.54 Å². The molecule has 0 bridgehead atoms. The van der Waals surface area contributed by atoms with Gasteiger partial charge in [-0.05, 0) is 22.0 Å². The lowest BCUT2D eigenvalue weighted by Gasteiger charge is -2.14. The third kappa shape index (κ3) is 1.16. The third-order valence-corrected chi connectivity index (χ3v) is 3.80. The topological polar surface area (TPSA) is 34.0 Å². The van der Waals surface area contributed by atoms with Crippen molar-refractivity contribution >= 4 is 32.7 Å². The number of nitrogens with one attached hydrogen (secondary N) is 1. The molecule has 16 heavy (non-hydrogen) atoms. The molecule has 1 aromatic heterocycles. The number of carbonyl (C=O) groups excluding carboxylic acids is 1. The minimum atomic E-state index is 0.0463. The van der Waals surface area contributed by atoms with E-state index in [-0.39, 0.29) is 5.91 Å². The van der Waals surface area contributed by atoms with E-state index in [2.05, 4.69) is 25.8 Å². The quantitative estimate of drug-likeness (QED) is 0.788. The van der Waals surface area contributed by atoms with Gasteiger partial charge in [-0.15, -0.1) is 0 Å². The minimum absolute atomic E-state index is 0.0463. The van der Waals surface area contributed by atoms with Crippen molar-refractivity contribution in [2.45, 2.75) is 6.42 Å². The van der Waals surface area contributed by atoms with Crippen molar-refractivity contribution < 1.29 is 4.79 Å². The monoisotopic (exact) mass is 278 g/mol. The van der Waals surface area contributed by atoms with E-state index in [1.165, 1.54) is 0 Å². The highest BCUT2D eigenvalue weighted by Crippen LogP contribution is 2.32. The summed E-state index contributed by atoms with van der Waals surface area (Å²) in [5.74, 6) is 0.0463. The Balaban J connectivity index is 2.49. The lowest BCUT2D eigenvalue weighted by atomic mass is 10.1. The Morgan fingerprint density at radius 3 is 3.06 bits per heavy atom. The Morgan fingerprint density at radius 2 is 2.25 bits per heavy atom. The molecule has 82 valence electrons. The highest BCUT2D eigenvalue weighted by atomic mass is 79.9. The summed E-state index contributed by atoms with van der Waals surface area (Å²) >= 11 is 3.54. The van der Waals surface area contributed by atoms with Crippen molar-refractivity contribution in [3.63, 3.8) is 0 Å². The minimum Gasteiger partial charge on any atom is -0.352 e. The number of carbonyl (C=O) groups is 1. The first-order valence-corrected chi connectivity index (χ1v) is 6.03. The van der Waals surface area contributed by atoms with Crippen molar-refractivity contribution in [1.82, 2.24) is 9.88 Å². The summed E-state index contributed by atoms with van der Waals surface area (Å²) in [5.41, 5.74) is 3.07. The van der Waals surface area contributed by atoms with Gasteiger partial charge >= 0.3 is 0 Å². The second-order valence-corrected chi connectivity index (χ2v) is 4.88. The average Bonchev–Trinajstić information content (AvgIpc) is 2.56. The molecule has 1 N–H and O–H groups in total. The second kappa shape index (κ2) is 3.35. The first-order valence-electron chi connectivity index (χ1n) is 5.24. The molecular formula is C12H11BrN2O. The van der Waals surface area contributed by atoms with E-state index in [4.69, 9.17) is 0 Å². The van der Waals surface area contributed by atoms with Crippen LogP contribution in [-0.2, 0) is 13.5 Å². The van der Waals surface area contributed by atoms with Gasteiger partial charge in [-0.2, -0.15) is 0 Å². The molecule has 1 aliphatic heterocycles. The summed E-state index contributed by atoms with van der Waals surface area (Å²) in [7, 11) is 2.02. The SMILES string of the molecule is Cn1c2c(c3cccc(Br)c31)C(=O)NCC2. The standard InChI is InChI=1S/C12H11BrN2O/c1-15-9-5-6-14-12(16)10(9)7-3-2-4-8(13)11(7)15/h2-4H,5-6H2,1H3,(H,14,16). The number of fused-ring (bicyclic) bond motifs is 3. The molecule has 0 radical (unpaired) electrons. The van der Waals surface area contributed by atoms with Gasteiger partial charge in [-0.3, -0.25) is 4.79 Å². The highest BCUT2D eigenvalue weighted by molar-refractivity contribution is 9.10. The van der Waals surface area contributed by atoms with Gasteiger partial charge in [0.2, 0.25) is 0 Å². The van der Waals surface area contributed by atoms with Crippen LogP contribution in [0.3, 0.4) is 0 Å². The van der Waals surface area contributed by atoms with E-state index in [0.29, 0.717) is 0 Å². The molecule has 1 aliphatic rings. The van der Waals surface area contributed by atoms with Gasteiger partial charge < -0.3 is 9.88 Å². The number of para-hydroxylation sites is 1. The van der Waals surface area contributed by atoms with Crippen LogP contribution in [0.2, 0.25) is 0 Å². The molecule has 4 heteroatoms. The predicted molar refractivity (Wildman–Crippen MR) is 66.7 cm³/mol. The van der Waals surface area contributed by atoms with Crippen LogP contribution in [-0.4, -0.2) is 17.0 Å². The number of aryl methyl sites for hydroxylation is 1. The van der Waals surface area contributed by atoms with Crippen LogP contribution in [0.25, 0.3) is 10.9 Å². The summed E-state index contributed by atoms with van der Waals surface area (Å²) in [6.45, 7) is 0.730. The zero-order chi connectivity index (χ0) is 11.3. The van der Waals surface area contributed by atoms with Crippen LogP contribution in [0.1, 0.15) is 16.1 Å². The van der Waals surface area contributed by atoms with Gasteiger partial charge in [0.1, 0.15) is 0 Å². The van der Waals surface area contributed by atoms with Crippen LogP contribution in [0.15, 0.2) is 22.7 Å². The average molecular weight is 279 g/mol. The molecule has 0 unspecified atom stereocenters. The summed E-state index contributed by atoms with van der Waals surface area (Å²) in [4.78, 5) is 11.9. The normalized spacial score (nSPS) is 15.0. The molecule has 2 heterocycles. The van der Waals surface area contributed by atoms with E-state index in [1.54, 1.807) is 0 Å². The maximum absolute atomic E-state index is 11.9. The molecule has 3 nitrogen and oxygen atoms in total. The molecule has 2 aromatic rings. The smallest absolute Gasteiger partial charge is 0.253 e. The first-order chi connectivity index (χ1) is 7.70. The molecule has 0 fully saturated rings. The number of aromatic nitrogens is 1. The number of hydrogen-bond acceptors (Lipinski definition) is 1. The van der Waals surface area contributed by atoms with Crippen LogP contribution in [0, 0.1) is 0 Å². The summed E-state index contributed by atoms with van der Waals surface area (Å²) < 4.78 is 3.16. The van der Waals surface area contributed by atoms with Gasteiger partial charge in [0.05, 0.1) is 11.1 Å². The van der Waals surface area contributed by atoms with E-state index in [1.807, 2.05) is 25.2 Å². The summed E-state index contributed by atoms with van der Waals surface area (Å²) in [6, 6.07) is 5.98. The van der Waals surface area contributed by atoms with Crippen LogP contribution >= 0.6 is 15.9 Å². The maximum Gasteiger partial charge on any atom is 0.253 e. The second-order valence-electron chi connectivity index (χ2n) is 4.02. The Kier molecular flexibility index (Phi) is 2.07. The van der Waals surface area contributed by atoms with Crippen LogP contribution in [0.4, 0.5) is 0 Å². The molecule has 0 saturated carbocycles. The van der Waals surface area contributed by atoms with Crippen LogP contribution in [0.5, 0.6) is 0 Å². The number of amides is 1. The number of rotatable bonds is 0. The number of halogens is 1. The highest BCUT2D eigenvalue weighted by Gasteiger charge is 2.24. The Labute approximate surface area is 102 Å². The van der Waals surface area contributed by atoms with Crippen LogP contribution < -0.4 is 5.32 Å². The lowest BCUT2D eigenvalue weighted by molar-refractivity contribution is 0.0947. The fraction of sp³-hybridized carbons (Fsp3) is 0.250. The number of benzene rings is 1. The van der Waals surface area contributed by atoms with Gasteiger partial charge in [-0.1, -0.05) is 12.1 Å². The third-order valence-electron chi connectivity index (χ3n) is 3.16. The first kappa shape index (κ1) is 9.90. The maximum atomic E-state index is 11.9. The van der Waals surface area contributed by atoms with Crippen molar-refractivity contribution in [3.05, 3.63) is 33.9 Å². The molecule has 1 amide bonds. The Bertz CT molecular complexity index is 601. The fourth-order valence-electron chi connectivity index (χ4n) is 2.44. The number of hydrogen-bond donors (Lipinski definition) is 1. The van der Waals surface area contributed by atoms with Crippen molar-refractivity contribution in [3.8, 4) is 0 Å².